The molecule has 1 aromatic carbocycles. The minimum absolute atomic E-state index is 0.813. The molecule has 0 amide bonds. The highest BCUT2D eigenvalue weighted by Crippen LogP contribution is 2.34. The Morgan fingerprint density at radius 3 is 3.00 bits per heavy atom. The summed E-state index contributed by atoms with van der Waals surface area (Å²) in [6.45, 7) is 0.824. The van der Waals surface area contributed by atoms with Gasteiger partial charge in [-0.25, -0.2) is 9.97 Å². The number of para-hydroxylation sites is 1. The Balaban J connectivity index is 2.06. The largest absolute Gasteiger partial charge is 0.380 e. The molecule has 0 saturated carbocycles. The molecule has 18 heavy (non-hydrogen) atoms. The van der Waals surface area contributed by atoms with Crippen molar-refractivity contribution < 1.29 is 0 Å². The van der Waals surface area contributed by atoms with Crippen molar-refractivity contribution in [2.45, 2.75) is 6.54 Å². The second-order valence-corrected chi connectivity index (χ2v) is 4.45. The molecule has 0 spiro atoms. The fourth-order valence-electron chi connectivity index (χ4n) is 2.45. The molecule has 0 radical (unpaired) electrons. The molecule has 0 fully saturated rings. The highest BCUT2D eigenvalue weighted by Gasteiger charge is 2.17. The number of aromatic nitrogens is 2. The molecule has 1 aliphatic heterocycles. The summed E-state index contributed by atoms with van der Waals surface area (Å²) in [6, 6.07) is 14.4. The highest BCUT2D eigenvalue weighted by atomic mass is 14.9. The summed E-state index contributed by atoms with van der Waals surface area (Å²) in [5.74, 6) is 0. The van der Waals surface area contributed by atoms with Crippen molar-refractivity contribution in [1.29, 1.82) is 0 Å². The van der Waals surface area contributed by atoms with Gasteiger partial charge in [-0.1, -0.05) is 18.2 Å². The molecule has 0 unspecified atom stereocenters. The van der Waals surface area contributed by atoms with E-state index in [-0.39, 0.29) is 0 Å². The highest BCUT2D eigenvalue weighted by molar-refractivity contribution is 5.86. The van der Waals surface area contributed by atoms with E-state index in [1.807, 2.05) is 18.2 Å². The second-order valence-electron chi connectivity index (χ2n) is 4.45. The molecule has 0 atom stereocenters. The molecule has 3 aromatic rings. The smallest absolute Gasteiger partial charge is 0.159 e. The van der Waals surface area contributed by atoms with E-state index in [1.165, 1.54) is 5.56 Å². The molecule has 2 aromatic heterocycles. The Morgan fingerprint density at radius 1 is 1.06 bits per heavy atom. The van der Waals surface area contributed by atoms with Gasteiger partial charge in [0.05, 0.1) is 5.69 Å². The van der Waals surface area contributed by atoms with Crippen LogP contribution in [0.15, 0.2) is 48.7 Å². The summed E-state index contributed by atoms with van der Waals surface area (Å²) in [7, 11) is 0. The lowest BCUT2D eigenvalue weighted by Gasteiger charge is -2.20. The number of hydrogen-bond acceptors (Lipinski definition) is 3. The van der Waals surface area contributed by atoms with Crippen LogP contribution in [0.1, 0.15) is 5.56 Å². The van der Waals surface area contributed by atoms with Gasteiger partial charge in [0.1, 0.15) is 0 Å². The lowest BCUT2D eigenvalue weighted by atomic mass is 9.99. The summed E-state index contributed by atoms with van der Waals surface area (Å²) in [6.07, 6.45) is 1.79. The van der Waals surface area contributed by atoms with Crippen LogP contribution in [0.4, 0.5) is 5.69 Å². The summed E-state index contributed by atoms with van der Waals surface area (Å²) in [5.41, 5.74) is 5.40. The Kier molecular flexibility index (Phi) is 1.88. The number of nitrogens with zero attached hydrogens (tertiary/aromatic N) is 2. The molecule has 0 bridgehead atoms. The number of hydrogen-bond donors (Lipinski definition) is 1. The van der Waals surface area contributed by atoms with Gasteiger partial charge in [0.25, 0.3) is 0 Å². The van der Waals surface area contributed by atoms with E-state index in [0.29, 0.717) is 0 Å². The zero-order valence-electron chi connectivity index (χ0n) is 9.72. The third-order valence-electron chi connectivity index (χ3n) is 3.32. The Labute approximate surface area is 105 Å². The molecule has 3 heterocycles. The van der Waals surface area contributed by atoms with Crippen LogP contribution in [0.3, 0.4) is 0 Å². The minimum Gasteiger partial charge on any atom is -0.380 e. The van der Waals surface area contributed by atoms with Crippen LogP contribution in [-0.2, 0) is 6.54 Å². The van der Waals surface area contributed by atoms with Crippen LogP contribution in [0.25, 0.3) is 22.3 Å². The van der Waals surface area contributed by atoms with E-state index >= 15 is 0 Å². The van der Waals surface area contributed by atoms with Crippen molar-refractivity contribution >= 4 is 16.7 Å². The standard InChI is InChI=1S/C15H11N3/c1-2-6-13-12(5-1)14-11(9-17-13)8-10-4-3-7-16-15(10)18-14/h1-8,17H,9H2. The maximum Gasteiger partial charge on any atom is 0.159 e. The third-order valence-corrected chi connectivity index (χ3v) is 3.32. The minimum atomic E-state index is 0.813. The summed E-state index contributed by atoms with van der Waals surface area (Å²) in [4.78, 5) is 9.04. The van der Waals surface area contributed by atoms with E-state index in [2.05, 4.69) is 34.6 Å². The molecule has 3 nitrogen and oxygen atoms in total. The van der Waals surface area contributed by atoms with Crippen LogP contribution in [0, 0.1) is 0 Å². The van der Waals surface area contributed by atoms with E-state index in [1.54, 1.807) is 6.20 Å². The predicted octanol–water partition coefficient (Wildman–Crippen LogP) is 3.22. The average Bonchev–Trinajstić information content (AvgIpc) is 2.45. The van der Waals surface area contributed by atoms with Crippen LogP contribution in [0.2, 0.25) is 0 Å². The van der Waals surface area contributed by atoms with Crippen molar-refractivity contribution in [2.24, 2.45) is 0 Å². The first kappa shape index (κ1) is 9.59. The number of benzene rings is 1. The lowest BCUT2D eigenvalue weighted by Crippen LogP contribution is -2.10. The zero-order valence-corrected chi connectivity index (χ0v) is 9.72. The molecule has 86 valence electrons. The number of anilines is 1. The first-order valence-corrected chi connectivity index (χ1v) is 6.00. The van der Waals surface area contributed by atoms with Crippen LogP contribution in [0.5, 0.6) is 0 Å². The fourth-order valence-corrected chi connectivity index (χ4v) is 2.45. The average molecular weight is 233 g/mol. The van der Waals surface area contributed by atoms with Gasteiger partial charge >= 0.3 is 0 Å². The zero-order chi connectivity index (χ0) is 11.9. The molecule has 0 saturated heterocycles. The maximum atomic E-state index is 4.71. The molecular formula is C15H11N3. The number of fused-ring (bicyclic) bond motifs is 4. The van der Waals surface area contributed by atoms with E-state index < -0.39 is 0 Å². The Morgan fingerprint density at radius 2 is 2.00 bits per heavy atom. The molecule has 4 rings (SSSR count). The normalized spacial score (nSPS) is 12.7. The molecule has 0 aliphatic carbocycles. The predicted molar refractivity (Wildman–Crippen MR) is 72.3 cm³/mol. The van der Waals surface area contributed by atoms with Crippen molar-refractivity contribution in [3.63, 3.8) is 0 Å². The monoisotopic (exact) mass is 233 g/mol. The Bertz CT molecular complexity index is 750. The fraction of sp³-hybridized carbons (Fsp3) is 0.0667. The first-order valence-electron chi connectivity index (χ1n) is 6.00. The molecular weight excluding hydrogens is 222 g/mol. The lowest BCUT2D eigenvalue weighted by molar-refractivity contribution is 1.10. The van der Waals surface area contributed by atoms with Gasteiger partial charge in [0.15, 0.2) is 5.65 Å². The van der Waals surface area contributed by atoms with E-state index in [0.717, 1.165) is 34.5 Å². The molecule has 3 heteroatoms. The van der Waals surface area contributed by atoms with Gasteiger partial charge < -0.3 is 5.32 Å². The number of rotatable bonds is 0. The van der Waals surface area contributed by atoms with Gasteiger partial charge in [0.2, 0.25) is 0 Å². The van der Waals surface area contributed by atoms with Crippen LogP contribution >= 0.6 is 0 Å². The van der Waals surface area contributed by atoms with E-state index in [9.17, 15) is 0 Å². The third kappa shape index (κ3) is 1.31. The van der Waals surface area contributed by atoms with Crippen molar-refractivity contribution in [2.75, 3.05) is 5.32 Å². The summed E-state index contributed by atoms with van der Waals surface area (Å²) in [5, 5.41) is 4.52. The van der Waals surface area contributed by atoms with Crippen molar-refractivity contribution in [3.05, 3.63) is 54.2 Å². The quantitative estimate of drug-likeness (QED) is 0.647. The van der Waals surface area contributed by atoms with Crippen molar-refractivity contribution in [1.82, 2.24) is 9.97 Å². The molecule has 1 N–H and O–H groups in total. The van der Waals surface area contributed by atoms with Gasteiger partial charge in [-0.15, -0.1) is 0 Å². The SMILES string of the molecule is c1ccc2c(c1)NCc1cc3cccnc3nc1-2. The van der Waals surface area contributed by atoms with Gasteiger partial charge in [-0.2, -0.15) is 0 Å². The summed E-state index contributed by atoms with van der Waals surface area (Å²) >= 11 is 0. The van der Waals surface area contributed by atoms with Crippen molar-refractivity contribution in [3.8, 4) is 11.3 Å². The summed E-state index contributed by atoms with van der Waals surface area (Å²) < 4.78 is 0. The first-order chi connectivity index (χ1) is 8.92. The Hall–Kier alpha value is -2.42. The topological polar surface area (TPSA) is 37.8 Å². The molecule has 1 aliphatic rings. The van der Waals surface area contributed by atoms with Crippen LogP contribution < -0.4 is 5.32 Å². The number of pyridine rings is 2. The maximum absolute atomic E-state index is 4.71. The van der Waals surface area contributed by atoms with E-state index in [4.69, 9.17) is 4.98 Å². The van der Waals surface area contributed by atoms with Crippen LogP contribution in [-0.4, -0.2) is 9.97 Å². The number of nitrogens with one attached hydrogen (secondary N) is 1. The second kappa shape index (κ2) is 3.53. The van der Waals surface area contributed by atoms with Gasteiger partial charge in [0, 0.05) is 29.4 Å². The van der Waals surface area contributed by atoms with Gasteiger partial charge in [-0.05, 0) is 29.8 Å². The van der Waals surface area contributed by atoms with Gasteiger partial charge in [-0.3, -0.25) is 0 Å².